The molecule has 19 heavy (non-hydrogen) atoms. The molecule has 1 N–H and O–H groups in total. The van der Waals surface area contributed by atoms with Crippen molar-refractivity contribution in [3.63, 3.8) is 0 Å². The average molecular weight is 260 g/mol. The first-order valence-corrected chi connectivity index (χ1v) is 6.74. The zero-order valence-corrected chi connectivity index (χ0v) is 11.3. The molecule has 0 aromatic heterocycles. The van der Waals surface area contributed by atoms with Crippen LogP contribution in [-0.2, 0) is 16.0 Å². The first-order valence-electron chi connectivity index (χ1n) is 6.74. The molecule has 4 heteroatoms. The predicted octanol–water partition coefficient (Wildman–Crippen LogP) is 1.36. The van der Waals surface area contributed by atoms with Crippen LogP contribution < -0.4 is 5.32 Å². The Hall–Kier alpha value is -1.84. The molecular weight excluding hydrogens is 240 g/mol. The van der Waals surface area contributed by atoms with Gasteiger partial charge in [-0.3, -0.25) is 9.59 Å². The molecule has 1 aliphatic carbocycles. The van der Waals surface area contributed by atoms with E-state index >= 15 is 0 Å². The second-order valence-electron chi connectivity index (χ2n) is 5.02. The van der Waals surface area contributed by atoms with Gasteiger partial charge in [0.2, 0.25) is 11.8 Å². The van der Waals surface area contributed by atoms with Gasteiger partial charge in [-0.2, -0.15) is 0 Å². The SMILES string of the molecule is CC(=O)N(CCc1ccccc1)CC(=O)NC1CC1. The number of rotatable bonds is 6. The van der Waals surface area contributed by atoms with Gasteiger partial charge in [0, 0.05) is 19.5 Å². The monoisotopic (exact) mass is 260 g/mol. The number of benzene rings is 1. The molecule has 0 radical (unpaired) electrons. The lowest BCUT2D eigenvalue weighted by atomic mass is 10.1. The van der Waals surface area contributed by atoms with Crippen LogP contribution in [0.5, 0.6) is 0 Å². The van der Waals surface area contributed by atoms with Crippen LogP contribution in [0.1, 0.15) is 25.3 Å². The van der Waals surface area contributed by atoms with Crippen LogP contribution in [0.2, 0.25) is 0 Å². The summed E-state index contributed by atoms with van der Waals surface area (Å²) >= 11 is 0. The van der Waals surface area contributed by atoms with Gasteiger partial charge in [0.25, 0.3) is 0 Å². The third-order valence-corrected chi connectivity index (χ3v) is 3.24. The molecule has 2 rings (SSSR count). The summed E-state index contributed by atoms with van der Waals surface area (Å²) in [7, 11) is 0. The minimum absolute atomic E-state index is 0.0502. The van der Waals surface area contributed by atoms with Gasteiger partial charge in [0.05, 0.1) is 6.54 Å². The summed E-state index contributed by atoms with van der Waals surface area (Å²) in [6.45, 7) is 2.26. The molecule has 1 saturated carbocycles. The van der Waals surface area contributed by atoms with Crippen LogP contribution in [-0.4, -0.2) is 35.8 Å². The number of carbonyl (C=O) groups is 2. The Kier molecular flexibility index (Phi) is 4.55. The maximum Gasteiger partial charge on any atom is 0.239 e. The van der Waals surface area contributed by atoms with Gasteiger partial charge in [0.15, 0.2) is 0 Å². The molecule has 0 bridgehead atoms. The number of hydrogen-bond donors (Lipinski definition) is 1. The number of nitrogens with one attached hydrogen (secondary N) is 1. The van der Waals surface area contributed by atoms with Crippen molar-refractivity contribution in [3.05, 3.63) is 35.9 Å². The Balaban J connectivity index is 1.81. The van der Waals surface area contributed by atoms with E-state index in [-0.39, 0.29) is 18.4 Å². The van der Waals surface area contributed by atoms with Gasteiger partial charge in [0.1, 0.15) is 0 Å². The molecule has 0 unspecified atom stereocenters. The maximum absolute atomic E-state index is 11.7. The molecule has 0 aliphatic heterocycles. The molecule has 0 saturated heterocycles. The first-order chi connectivity index (χ1) is 9.15. The van der Waals surface area contributed by atoms with E-state index in [9.17, 15) is 9.59 Å². The fourth-order valence-electron chi connectivity index (χ4n) is 1.93. The highest BCUT2D eigenvalue weighted by Gasteiger charge is 2.24. The molecule has 4 nitrogen and oxygen atoms in total. The Morgan fingerprint density at radius 2 is 1.95 bits per heavy atom. The van der Waals surface area contributed by atoms with Gasteiger partial charge >= 0.3 is 0 Å². The van der Waals surface area contributed by atoms with Crippen molar-refractivity contribution in [1.82, 2.24) is 10.2 Å². The number of amides is 2. The molecule has 2 amide bonds. The molecule has 1 aliphatic rings. The van der Waals surface area contributed by atoms with Crippen molar-refractivity contribution < 1.29 is 9.59 Å². The van der Waals surface area contributed by atoms with E-state index < -0.39 is 0 Å². The zero-order valence-electron chi connectivity index (χ0n) is 11.3. The van der Waals surface area contributed by atoms with Gasteiger partial charge in [-0.1, -0.05) is 30.3 Å². The van der Waals surface area contributed by atoms with E-state index in [1.54, 1.807) is 4.90 Å². The molecule has 102 valence electrons. The van der Waals surface area contributed by atoms with Crippen molar-refractivity contribution in [2.75, 3.05) is 13.1 Å². The van der Waals surface area contributed by atoms with Gasteiger partial charge in [-0.25, -0.2) is 0 Å². The van der Waals surface area contributed by atoms with Crippen LogP contribution in [0.4, 0.5) is 0 Å². The fraction of sp³-hybridized carbons (Fsp3) is 0.467. The maximum atomic E-state index is 11.7. The molecule has 1 aromatic rings. The Bertz CT molecular complexity index is 441. The third-order valence-electron chi connectivity index (χ3n) is 3.24. The normalized spacial score (nSPS) is 13.9. The first kappa shape index (κ1) is 13.6. The van der Waals surface area contributed by atoms with E-state index in [0.29, 0.717) is 12.6 Å². The van der Waals surface area contributed by atoms with E-state index in [1.165, 1.54) is 12.5 Å². The summed E-state index contributed by atoms with van der Waals surface area (Å²) in [5.41, 5.74) is 1.18. The molecule has 1 aromatic carbocycles. The van der Waals surface area contributed by atoms with Crippen molar-refractivity contribution in [2.45, 2.75) is 32.2 Å². The minimum atomic E-state index is -0.0538. The second kappa shape index (κ2) is 6.36. The Morgan fingerprint density at radius 3 is 2.53 bits per heavy atom. The summed E-state index contributed by atoms with van der Waals surface area (Å²) in [5.74, 6) is -0.104. The molecule has 0 atom stereocenters. The molecule has 1 fully saturated rings. The van der Waals surface area contributed by atoms with Crippen LogP contribution in [0, 0.1) is 0 Å². The topological polar surface area (TPSA) is 49.4 Å². The second-order valence-corrected chi connectivity index (χ2v) is 5.02. The van der Waals surface area contributed by atoms with E-state index in [4.69, 9.17) is 0 Å². The van der Waals surface area contributed by atoms with Gasteiger partial charge < -0.3 is 10.2 Å². The van der Waals surface area contributed by atoms with Crippen molar-refractivity contribution in [2.24, 2.45) is 0 Å². The quantitative estimate of drug-likeness (QED) is 0.839. The largest absolute Gasteiger partial charge is 0.352 e. The van der Waals surface area contributed by atoms with Crippen LogP contribution >= 0.6 is 0 Å². The van der Waals surface area contributed by atoms with E-state index in [1.807, 2.05) is 30.3 Å². The molecular formula is C15H20N2O2. The molecule has 0 heterocycles. The molecule has 0 spiro atoms. The van der Waals surface area contributed by atoms with E-state index in [2.05, 4.69) is 5.32 Å². The van der Waals surface area contributed by atoms with Crippen LogP contribution in [0.3, 0.4) is 0 Å². The predicted molar refractivity (Wildman–Crippen MR) is 73.6 cm³/mol. The summed E-state index contributed by atoms with van der Waals surface area (Å²) in [5, 5.41) is 2.90. The number of nitrogens with zero attached hydrogens (tertiary/aromatic N) is 1. The summed E-state index contributed by atoms with van der Waals surface area (Å²) in [4.78, 5) is 24.9. The lowest BCUT2D eigenvalue weighted by molar-refractivity contribution is -0.134. The van der Waals surface area contributed by atoms with E-state index in [0.717, 1.165) is 19.3 Å². The van der Waals surface area contributed by atoms with Gasteiger partial charge in [-0.15, -0.1) is 0 Å². The lowest BCUT2D eigenvalue weighted by Crippen LogP contribution is -2.41. The number of hydrogen-bond acceptors (Lipinski definition) is 2. The Labute approximate surface area is 113 Å². The Morgan fingerprint density at radius 1 is 1.26 bits per heavy atom. The number of carbonyl (C=O) groups excluding carboxylic acids is 2. The summed E-state index contributed by atoms with van der Waals surface area (Å²) in [6, 6.07) is 10.3. The van der Waals surface area contributed by atoms with Crippen molar-refractivity contribution >= 4 is 11.8 Å². The summed E-state index contributed by atoms with van der Waals surface area (Å²) < 4.78 is 0. The third kappa shape index (κ3) is 4.73. The minimum Gasteiger partial charge on any atom is -0.352 e. The van der Waals surface area contributed by atoms with Crippen molar-refractivity contribution in [1.29, 1.82) is 0 Å². The average Bonchev–Trinajstić information content (AvgIpc) is 3.19. The highest BCUT2D eigenvalue weighted by atomic mass is 16.2. The fourth-order valence-corrected chi connectivity index (χ4v) is 1.93. The lowest BCUT2D eigenvalue weighted by Gasteiger charge is -2.20. The van der Waals surface area contributed by atoms with Gasteiger partial charge in [-0.05, 0) is 24.8 Å². The van der Waals surface area contributed by atoms with Crippen LogP contribution in [0.15, 0.2) is 30.3 Å². The van der Waals surface area contributed by atoms with Crippen LogP contribution in [0.25, 0.3) is 0 Å². The zero-order chi connectivity index (χ0) is 13.7. The highest BCUT2D eigenvalue weighted by molar-refractivity contribution is 5.84. The van der Waals surface area contributed by atoms with Crippen molar-refractivity contribution in [3.8, 4) is 0 Å². The summed E-state index contributed by atoms with van der Waals surface area (Å²) in [6.07, 6.45) is 2.91. The standard InChI is InChI=1S/C15H20N2O2/c1-12(18)17(11-15(19)16-14-7-8-14)10-9-13-5-3-2-4-6-13/h2-6,14H,7-11H2,1H3,(H,16,19). The highest BCUT2D eigenvalue weighted by Crippen LogP contribution is 2.18. The smallest absolute Gasteiger partial charge is 0.239 e.